The van der Waals surface area contributed by atoms with Crippen molar-refractivity contribution in [1.29, 1.82) is 0 Å². The normalized spacial score (nSPS) is 18.2. The van der Waals surface area contributed by atoms with Crippen LogP contribution in [0.3, 0.4) is 0 Å². The van der Waals surface area contributed by atoms with E-state index in [9.17, 15) is 9.59 Å². The first kappa shape index (κ1) is 14.8. The Morgan fingerprint density at radius 1 is 1.22 bits per heavy atom. The molecule has 0 spiro atoms. The van der Waals surface area contributed by atoms with E-state index in [0.29, 0.717) is 0 Å². The standard InChI is InChI=1S/C13H23NO4/c1-9(14-12(16)18-13(2,3)4)11(15)17-10-7-5-6-8-10/h9-10H,5-8H2,1-4H3,(H,14,16)/t9-/m1/s1. The van der Waals surface area contributed by atoms with Crippen LogP contribution in [-0.2, 0) is 14.3 Å². The van der Waals surface area contributed by atoms with Crippen molar-refractivity contribution in [1.82, 2.24) is 5.32 Å². The molecular formula is C13H23NO4. The van der Waals surface area contributed by atoms with E-state index in [2.05, 4.69) is 5.32 Å². The van der Waals surface area contributed by atoms with Crippen LogP contribution in [0, 0.1) is 0 Å². The predicted molar refractivity (Wildman–Crippen MR) is 67.2 cm³/mol. The highest BCUT2D eigenvalue weighted by Crippen LogP contribution is 2.21. The molecule has 0 aliphatic heterocycles. The lowest BCUT2D eigenvalue weighted by atomic mass is 10.2. The first-order valence-electron chi connectivity index (χ1n) is 6.48. The van der Waals surface area contributed by atoms with Gasteiger partial charge in [-0.1, -0.05) is 0 Å². The van der Waals surface area contributed by atoms with E-state index >= 15 is 0 Å². The van der Waals surface area contributed by atoms with Crippen molar-refractivity contribution in [3.8, 4) is 0 Å². The minimum Gasteiger partial charge on any atom is -0.461 e. The molecule has 0 unspecified atom stereocenters. The van der Waals surface area contributed by atoms with Crippen LogP contribution in [0.4, 0.5) is 4.79 Å². The summed E-state index contributed by atoms with van der Waals surface area (Å²) in [6.45, 7) is 6.91. The number of amides is 1. The molecule has 1 N–H and O–H groups in total. The van der Waals surface area contributed by atoms with Gasteiger partial charge in [0.15, 0.2) is 0 Å². The van der Waals surface area contributed by atoms with Gasteiger partial charge in [-0.15, -0.1) is 0 Å². The summed E-state index contributed by atoms with van der Waals surface area (Å²) in [6.07, 6.45) is 3.46. The van der Waals surface area contributed by atoms with Crippen LogP contribution in [0.1, 0.15) is 53.4 Å². The van der Waals surface area contributed by atoms with Crippen molar-refractivity contribution in [3.05, 3.63) is 0 Å². The molecule has 1 atom stereocenters. The monoisotopic (exact) mass is 257 g/mol. The maximum atomic E-state index is 11.7. The van der Waals surface area contributed by atoms with E-state index in [1.54, 1.807) is 27.7 Å². The number of esters is 1. The Bertz CT molecular complexity index is 303. The topological polar surface area (TPSA) is 64.6 Å². The Kier molecular flexibility index (Phi) is 4.99. The van der Waals surface area contributed by atoms with Gasteiger partial charge in [0.2, 0.25) is 0 Å². The SMILES string of the molecule is C[C@@H](NC(=O)OC(C)(C)C)C(=O)OC1CCCC1. The van der Waals surface area contributed by atoms with Crippen LogP contribution in [0.25, 0.3) is 0 Å². The van der Waals surface area contributed by atoms with Crippen molar-refractivity contribution in [2.45, 2.75) is 71.1 Å². The molecule has 5 heteroatoms. The zero-order valence-electron chi connectivity index (χ0n) is 11.6. The van der Waals surface area contributed by atoms with Gasteiger partial charge < -0.3 is 14.8 Å². The number of hydrogen-bond donors (Lipinski definition) is 1. The first-order chi connectivity index (χ1) is 8.28. The molecule has 0 heterocycles. The molecule has 0 aromatic heterocycles. The van der Waals surface area contributed by atoms with Gasteiger partial charge in [0.25, 0.3) is 0 Å². The minimum absolute atomic E-state index is 0.0142. The van der Waals surface area contributed by atoms with E-state index < -0.39 is 23.7 Å². The molecule has 104 valence electrons. The average molecular weight is 257 g/mol. The third-order valence-electron chi connectivity index (χ3n) is 2.67. The van der Waals surface area contributed by atoms with Gasteiger partial charge in [0.05, 0.1) is 0 Å². The average Bonchev–Trinajstić information content (AvgIpc) is 2.66. The second-order valence-electron chi connectivity index (χ2n) is 5.71. The number of hydrogen-bond acceptors (Lipinski definition) is 4. The Morgan fingerprint density at radius 3 is 2.28 bits per heavy atom. The van der Waals surface area contributed by atoms with Gasteiger partial charge in [-0.2, -0.15) is 0 Å². The summed E-state index contributed by atoms with van der Waals surface area (Å²) in [4.78, 5) is 23.2. The molecule has 0 radical (unpaired) electrons. The van der Waals surface area contributed by atoms with E-state index in [4.69, 9.17) is 9.47 Å². The van der Waals surface area contributed by atoms with E-state index in [1.807, 2.05) is 0 Å². The third kappa shape index (κ3) is 5.38. The molecule has 1 aliphatic carbocycles. The molecule has 5 nitrogen and oxygen atoms in total. The summed E-state index contributed by atoms with van der Waals surface area (Å²) in [5, 5.41) is 2.47. The quantitative estimate of drug-likeness (QED) is 0.788. The van der Waals surface area contributed by atoms with Gasteiger partial charge >= 0.3 is 12.1 Å². The second kappa shape index (κ2) is 6.07. The number of ether oxygens (including phenoxy) is 2. The molecule has 1 aliphatic rings. The van der Waals surface area contributed by atoms with E-state index in [1.165, 1.54) is 0 Å². The van der Waals surface area contributed by atoms with E-state index in [0.717, 1.165) is 25.7 Å². The number of nitrogens with one attached hydrogen (secondary N) is 1. The molecule has 1 saturated carbocycles. The fourth-order valence-corrected chi connectivity index (χ4v) is 1.82. The summed E-state index contributed by atoms with van der Waals surface area (Å²) in [5.74, 6) is -0.396. The molecule has 0 saturated heterocycles. The fourth-order valence-electron chi connectivity index (χ4n) is 1.82. The smallest absolute Gasteiger partial charge is 0.408 e. The summed E-state index contributed by atoms with van der Waals surface area (Å²) in [5.41, 5.74) is -0.570. The molecule has 1 fully saturated rings. The van der Waals surface area contributed by atoms with Crippen molar-refractivity contribution >= 4 is 12.1 Å². The molecular weight excluding hydrogens is 234 g/mol. The molecule has 18 heavy (non-hydrogen) atoms. The van der Waals surface area contributed by atoms with Crippen LogP contribution < -0.4 is 5.32 Å². The Labute approximate surface area is 108 Å². The Hall–Kier alpha value is -1.26. The lowest BCUT2D eigenvalue weighted by Crippen LogP contribution is -2.43. The van der Waals surface area contributed by atoms with Crippen LogP contribution in [0.5, 0.6) is 0 Å². The number of carbonyl (C=O) groups is 2. The van der Waals surface area contributed by atoms with E-state index in [-0.39, 0.29) is 6.10 Å². The highest BCUT2D eigenvalue weighted by atomic mass is 16.6. The molecule has 1 rings (SSSR count). The molecule has 1 amide bonds. The summed E-state index contributed by atoms with van der Waals surface area (Å²) < 4.78 is 10.4. The molecule has 0 aromatic rings. The summed E-state index contributed by atoms with van der Waals surface area (Å²) >= 11 is 0. The van der Waals surface area contributed by atoms with Crippen LogP contribution in [-0.4, -0.2) is 29.8 Å². The molecule has 0 aromatic carbocycles. The lowest BCUT2D eigenvalue weighted by molar-refractivity contribution is -0.150. The zero-order chi connectivity index (χ0) is 13.8. The Balaban J connectivity index is 2.32. The number of alkyl carbamates (subject to hydrolysis) is 1. The van der Waals surface area contributed by atoms with Crippen LogP contribution in [0.15, 0.2) is 0 Å². The van der Waals surface area contributed by atoms with Crippen molar-refractivity contribution < 1.29 is 19.1 Å². The fraction of sp³-hybridized carbons (Fsp3) is 0.846. The third-order valence-corrected chi connectivity index (χ3v) is 2.67. The summed E-state index contributed by atoms with van der Waals surface area (Å²) in [6, 6.07) is -0.680. The van der Waals surface area contributed by atoms with Crippen molar-refractivity contribution in [3.63, 3.8) is 0 Å². The van der Waals surface area contributed by atoms with Gasteiger partial charge in [-0.05, 0) is 53.4 Å². The number of rotatable bonds is 3. The highest BCUT2D eigenvalue weighted by Gasteiger charge is 2.25. The van der Waals surface area contributed by atoms with Crippen molar-refractivity contribution in [2.75, 3.05) is 0 Å². The van der Waals surface area contributed by atoms with Crippen LogP contribution >= 0.6 is 0 Å². The predicted octanol–water partition coefficient (Wildman–Crippen LogP) is 2.39. The summed E-state index contributed by atoms with van der Waals surface area (Å²) in [7, 11) is 0. The van der Waals surface area contributed by atoms with Gasteiger partial charge in [-0.25, -0.2) is 9.59 Å². The lowest BCUT2D eigenvalue weighted by Gasteiger charge is -2.22. The van der Waals surface area contributed by atoms with Crippen LogP contribution in [0.2, 0.25) is 0 Å². The highest BCUT2D eigenvalue weighted by molar-refractivity contribution is 5.81. The first-order valence-corrected chi connectivity index (χ1v) is 6.48. The minimum atomic E-state index is -0.680. The largest absolute Gasteiger partial charge is 0.461 e. The second-order valence-corrected chi connectivity index (χ2v) is 5.71. The van der Waals surface area contributed by atoms with Gasteiger partial charge in [0, 0.05) is 0 Å². The maximum Gasteiger partial charge on any atom is 0.408 e. The number of carbonyl (C=O) groups excluding carboxylic acids is 2. The zero-order valence-corrected chi connectivity index (χ0v) is 11.6. The Morgan fingerprint density at radius 2 is 1.78 bits per heavy atom. The van der Waals surface area contributed by atoms with Gasteiger partial charge in [0.1, 0.15) is 17.7 Å². The van der Waals surface area contributed by atoms with Gasteiger partial charge in [-0.3, -0.25) is 0 Å². The molecule has 0 bridgehead atoms. The van der Waals surface area contributed by atoms with Crippen molar-refractivity contribution in [2.24, 2.45) is 0 Å². The maximum absolute atomic E-state index is 11.7.